The van der Waals surface area contributed by atoms with Crippen LogP contribution in [0.4, 0.5) is 36.8 Å². The van der Waals surface area contributed by atoms with E-state index in [0.717, 1.165) is 55.5 Å². The highest BCUT2D eigenvalue weighted by Crippen LogP contribution is 2.37. The summed E-state index contributed by atoms with van der Waals surface area (Å²) in [6, 6.07) is 20.9. The van der Waals surface area contributed by atoms with Crippen LogP contribution in [0.5, 0.6) is 0 Å². The van der Waals surface area contributed by atoms with Crippen molar-refractivity contribution >= 4 is 17.7 Å². The van der Waals surface area contributed by atoms with Crippen molar-refractivity contribution in [1.82, 2.24) is 9.80 Å². The monoisotopic (exact) mass is 621 g/mol. The van der Waals surface area contributed by atoms with Crippen LogP contribution in [0.15, 0.2) is 84.9 Å². The van der Waals surface area contributed by atoms with Gasteiger partial charge in [0.25, 0.3) is 0 Å². The fourth-order valence-corrected chi connectivity index (χ4v) is 5.24. The predicted molar refractivity (Wildman–Crippen MR) is 152 cm³/mol. The predicted octanol–water partition coefficient (Wildman–Crippen LogP) is 7.50. The van der Waals surface area contributed by atoms with E-state index in [9.17, 15) is 35.9 Å². The number of benzene rings is 3. The Balaban J connectivity index is 1.49. The minimum atomic E-state index is -5.55. The zero-order valence-corrected chi connectivity index (χ0v) is 23.9. The number of hydrogen-bond acceptors (Lipinski definition) is 4. The number of anilines is 1. The van der Waals surface area contributed by atoms with E-state index in [2.05, 4.69) is 21.9 Å². The Bertz CT molecular complexity index is 1360. The molecule has 3 aromatic rings. The third-order valence-corrected chi connectivity index (χ3v) is 7.47. The van der Waals surface area contributed by atoms with Gasteiger partial charge in [-0.3, -0.25) is 0 Å². The number of carbonyl (C=O) groups excluding carboxylic acids is 2. The maximum Gasteiger partial charge on any atom is 0.493 e. The smallest absolute Gasteiger partial charge is 0.323 e. The van der Waals surface area contributed by atoms with E-state index in [1.807, 2.05) is 18.2 Å². The molecule has 1 aliphatic heterocycles. The summed E-state index contributed by atoms with van der Waals surface area (Å²) in [4.78, 5) is 33.2. The number of nitrogens with zero attached hydrogens (tertiary/aromatic N) is 3. The van der Waals surface area contributed by atoms with Gasteiger partial charge >= 0.3 is 24.4 Å². The molecule has 0 radical (unpaired) electrons. The van der Waals surface area contributed by atoms with Crippen molar-refractivity contribution in [2.24, 2.45) is 5.92 Å². The van der Waals surface area contributed by atoms with Gasteiger partial charge in [0, 0.05) is 13.1 Å². The Labute approximate surface area is 251 Å². The summed E-state index contributed by atoms with van der Waals surface area (Å²) in [5, 5.41) is -0.198. The van der Waals surface area contributed by atoms with Crippen molar-refractivity contribution in [3.63, 3.8) is 0 Å². The molecule has 0 saturated carbocycles. The van der Waals surface area contributed by atoms with Crippen molar-refractivity contribution in [2.45, 2.75) is 44.6 Å². The highest BCUT2D eigenvalue weighted by Gasteiger charge is 2.46. The lowest BCUT2D eigenvalue weighted by atomic mass is 9.90. The average molecular weight is 622 g/mol. The molecule has 0 spiro atoms. The first kappa shape index (κ1) is 32.8. The first-order chi connectivity index (χ1) is 20.9. The largest absolute Gasteiger partial charge is 0.493 e. The van der Waals surface area contributed by atoms with E-state index < -0.39 is 35.6 Å². The third kappa shape index (κ3) is 9.22. The van der Waals surface area contributed by atoms with Gasteiger partial charge in [0.1, 0.15) is 0 Å². The van der Waals surface area contributed by atoms with Gasteiger partial charge in [0.2, 0.25) is 0 Å². The molecule has 0 unspecified atom stereocenters. The van der Waals surface area contributed by atoms with E-state index in [0.29, 0.717) is 30.5 Å². The fraction of sp³-hybridized carbons (Fsp3) is 0.375. The van der Waals surface area contributed by atoms with Crippen LogP contribution in [0.25, 0.3) is 0 Å². The van der Waals surface area contributed by atoms with Crippen LogP contribution < -0.4 is 5.06 Å². The molecule has 4 rings (SSSR count). The van der Waals surface area contributed by atoms with E-state index in [-0.39, 0.29) is 18.2 Å². The number of urea groups is 1. The van der Waals surface area contributed by atoms with Crippen LogP contribution >= 0.6 is 0 Å². The lowest BCUT2D eigenvalue weighted by Gasteiger charge is -2.33. The number of piperidine rings is 1. The second-order valence-electron chi connectivity index (χ2n) is 10.7. The van der Waals surface area contributed by atoms with Crippen molar-refractivity contribution in [2.75, 3.05) is 31.2 Å². The molecule has 2 amide bonds. The molecule has 1 heterocycles. The van der Waals surface area contributed by atoms with E-state index in [4.69, 9.17) is 0 Å². The van der Waals surface area contributed by atoms with Crippen molar-refractivity contribution in [1.29, 1.82) is 0 Å². The molecule has 44 heavy (non-hydrogen) atoms. The summed E-state index contributed by atoms with van der Waals surface area (Å²) in [6.45, 7) is 2.09. The SMILES string of the molecule is O=C(N(CCCN1CCC(Cc2ccccc2)CC1)Cc1ccccc1)N(OC(=O)C(F)(F)F)c1ccccc1C(F)(F)F. The first-order valence-electron chi connectivity index (χ1n) is 14.3. The topological polar surface area (TPSA) is 53.1 Å². The molecule has 0 atom stereocenters. The Kier molecular flexibility index (Phi) is 10.9. The Morgan fingerprint density at radius 2 is 1.36 bits per heavy atom. The molecule has 6 nitrogen and oxygen atoms in total. The highest BCUT2D eigenvalue weighted by molar-refractivity contribution is 5.93. The summed E-state index contributed by atoms with van der Waals surface area (Å²) in [7, 11) is 0. The minimum absolute atomic E-state index is 0.00801. The Morgan fingerprint density at radius 3 is 1.95 bits per heavy atom. The van der Waals surface area contributed by atoms with Gasteiger partial charge in [-0.15, -0.1) is 5.06 Å². The molecule has 3 aromatic carbocycles. The van der Waals surface area contributed by atoms with Crippen LogP contribution in [-0.4, -0.2) is 54.2 Å². The second kappa shape index (κ2) is 14.6. The molecule has 0 aromatic heterocycles. The van der Waals surface area contributed by atoms with Gasteiger partial charge in [0.05, 0.1) is 11.3 Å². The summed E-state index contributed by atoms with van der Waals surface area (Å²) < 4.78 is 81.0. The lowest BCUT2D eigenvalue weighted by Crippen LogP contribution is -2.47. The van der Waals surface area contributed by atoms with Crippen molar-refractivity contribution in [3.05, 3.63) is 102 Å². The van der Waals surface area contributed by atoms with Crippen LogP contribution in [-0.2, 0) is 28.8 Å². The van der Waals surface area contributed by atoms with Crippen LogP contribution in [0.1, 0.15) is 36.0 Å². The number of hydrogen-bond donors (Lipinski definition) is 0. The van der Waals surface area contributed by atoms with Gasteiger partial charge in [-0.25, -0.2) is 9.59 Å². The first-order valence-corrected chi connectivity index (χ1v) is 14.3. The molecule has 1 fully saturated rings. The molecule has 12 heteroatoms. The molecule has 236 valence electrons. The number of para-hydroxylation sites is 1. The molecular formula is C32H33F6N3O3. The van der Waals surface area contributed by atoms with Crippen molar-refractivity contribution < 1.29 is 40.8 Å². The van der Waals surface area contributed by atoms with E-state index in [1.54, 1.807) is 30.3 Å². The summed E-state index contributed by atoms with van der Waals surface area (Å²) in [5.41, 5.74) is -0.583. The molecule has 0 N–H and O–H groups in total. The minimum Gasteiger partial charge on any atom is -0.323 e. The summed E-state index contributed by atoms with van der Waals surface area (Å²) in [5.74, 6) is -2.28. The maximum atomic E-state index is 13.8. The van der Waals surface area contributed by atoms with Gasteiger partial charge in [-0.05, 0) is 74.5 Å². The van der Waals surface area contributed by atoms with Gasteiger partial charge in [-0.1, -0.05) is 72.8 Å². The third-order valence-electron chi connectivity index (χ3n) is 7.47. The fourth-order valence-electron chi connectivity index (χ4n) is 5.24. The normalized spacial score (nSPS) is 14.7. The second-order valence-corrected chi connectivity index (χ2v) is 10.7. The zero-order chi connectivity index (χ0) is 31.7. The van der Waals surface area contributed by atoms with Gasteiger partial charge in [-0.2, -0.15) is 26.3 Å². The Morgan fingerprint density at radius 1 is 0.795 bits per heavy atom. The number of hydroxylamine groups is 1. The Hall–Kier alpha value is -4.06. The highest BCUT2D eigenvalue weighted by atomic mass is 19.4. The van der Waals surface area contributed by atoms with Gasteiger partial charge < -0.3 is 14.6 Å². The number of amides is 2. The number of rotatable bonds is 9. The quantitative estimate of drug-likeness (QED) is 0.184. The molecular weight excluding hydrogens is 588 g/mol. The van der Waals surface area contributed by atoms with Crippen LogP contribution in [0.2, 0.25) is 0 Å². The van der Waals surface area contributed by atoms with Gasteiger partial charge in [0.15, 0.2) is 0 Å². The van der Waals surface area contributed by atoms with Crippen LogP contribution in [0, 0.1) is 5.92 Å². The molecule has 0 bridgehead atoms. The molecule has 1 saturated heterocycles. The molecule has 1 aliphatic rings. The van der Waals surface area contributed by atoms with Crippen LogP contribution in [0.3, 0.4) is 0 Å². The lowest BCUT2D eigenvalue weighted by molar-refractivity contribution is -0.200. The number of alkyl halides is 6. The zero-order valence-electron chi connectivity index (χ0n) is 23.9. The average Bonchev–Trinajstić information content (AvgIpc) is 3.00. The number of halogens is 6. The summed E-state index contributed by atoms with van der Waals surface area (Å²) in [6.07, 6.45) is -7.25. The standard InChI is InChI=1S/C32H33F6N3O3/c33-31(34,35)27-14-7-8-15-28(27)41(44-29(42)32(36,37)38)30(43)40(23-26-12-5-2-6-13-26)19-9-18-39-20-16-25(17-21-39)22-24-10-3-1-4-11-24/h1-8,10-15,25H,9,16-23H2. The number of likely N-dealkylation sites (tertiary alicyclic amines) is 1. The maximum absolute atomic E-state index is 13.8. The van der Waals surface area contributed by atoms with E-state index in [1.165, 1.54) is 5.56 Å². The van der Waals surface area contributed by atoms with Crippen molar-refractivity contribution in [3.8, 4) is 0 Å². The molecule has 0 aliphatic carbocycles. The summed E-state index contributed by atoms with van der Waals surface area (Å²) >= 11 is 0. The number of carbonyl (C=O) groups is 2. The van der Waals surface area contributed by atoms with E-state index >= 15 is 0 Å².